The largest absolute Gasteiger partial charge is 0.463 e. The third-order valence-electron chi connectivity index (χ3n) is 6.24. The third-order valence-corrected chi connectivity index (χ3v) is 6.24. The second-order valence-electron chi connectivity index (χ2n) is 8.95. The first kappa shape index (κ1) is 27.3. The van der Waals surface area contributed by atoms with Crippen molar-refractivity contribution in [1.29, 1.82) is 0 Å². The maximum Gasteiger partial charge on any atom is 0.305 e. The summed E-state index contributed by atoms with van der Waals surface area (Å²) >= 11 is 0. The van der Waals surface area contributed by atoms with E-state index >= 15 is 0 Å². The predicted molar refractivity (Wildman–Crippen MR) is 132 cm³/mol. The van der Waals surface area contributed by atoms with Crippen molar-refractivity contribution < 1.29 is 24.2 Å². The molecule has 3 N–H and O–H groups in total. The van der Waals surface area contributed by atoms with Crippen molar-refractivity contribution in [2.45, 2.75) is 69.4 Å². The number of hydrogen-bond donors (Lipinski definition) is 3. The van der Waals surface area contributed by atoms with Crippen LogP contribution in [-0.2, 0) is 19.1 Å². The van der Waals surface area contributed by atoms with Crippen molar-refractivity contribution in [1.82, 2.24) is 10.6 Å². The van der Waals surface area contributed by atoms with E-state index in [0.717, 1.165) is 37.7 Å². The molecule has 2 rings (SSSR count). The lowest BCUT2D eigenvalue weighted by molar-refractivity contribution is -0.145. The highest BCUT2D eigenvalue weighted by atomic mass is 16.5. The standard InChI is InChI=1S/C27H38N2O5/c1-3-5-7-15-25(32)34-19-23(21-13-8-6-9-14-21)28-26(33)22(12-4-2)18-24(31)29-27(20-30)16-10-11-17-27/h3-4,6,8-9,13-14,22-23,30H,1-2,5,7,10-12,15-20H2,(H,28,33)(H,29,31). The van der Waals surface area contributed by atoms with E-state index in [1.807, 2.05) is 30.3 Å². The number of hydrogen-bond acceptors (Lipinski definition) is 5. The summed E-state index contributed by atoms with van der Waals surface area (Å²) < 4.78 is 5.43. The summed E-state index contributed by atoms with van der Waals surface area (Å²) in [4.78, 5) is 38.0. The van der Waals surface area contributed by atoms with Gasteiger partial charge in [-0.25, -0.2) is 0 Å². The Morgan fingerprint density at radius 2 is 1.82 bits per heavy atom. The van der Waals surface area contributed by atoms with Crippen LogP contribution in [0.25, 0.3) is 0 Å². The summed E-state index contributed by atoms with van der Waals surface area (Å²) in [6.45, 7) is 7.27. The van der Waals surface area contributed by atoms with Crippen LogP contribution in [-0.4, -0.2) is 41.6 Å². The predicted octanol–water partition coefficient (Wildman–Crippen LogP) is 3.75. The van der Waals surface area contributed by atoms with Crippen LogP contribution in [0.1, 0.15) is 69.4 Å². The fraction of sp³-hybridized carbons (Fsp3) is 0.519. The number of benzene rings is 1. The molecule has 1 aromatic rings. The van der Waals surface area contributed by atoms with Crippen LogP contribution >= 0.6 is 0 Å². The van der Waals surface area contributed by atoms with Crippen LogP contribution in [0.2, 0.25) is 0 Å². The van der Waals surface area contributed by atoms with E-state index in [1.54, 1.807) is 12.2 Å². The van der Waals surface area contributed by atoms with Gasteiger partial charge in [0.25, 0.3) is 0 Å². The molecular weight excluding hydrogens is 432 g/mol. The summed E-state index contributed by atoms with van der Waals surface area (Å²) in [7, 11) is 0. The minimum Gasteiger partial charge on any atom is -0.463 e. The molecule has 34 heavy (non-hydrogen) atoms. The average molecular weight is 471 g/mol. The first-order valence-electron chi connectivity index (χ1n) is 12.1. The van der Waals surface area contributed by atoms with Gasteiger partial charge >= 0.3 is 5.97 Å². The first-order valence-corrected chi connectivity index (χ1v) is 12.1. The fourth-order valence-electron chi connectivity index (χ4n) is 4.26. The Morgan fingerprint density at radius 3 is 2.44 bits per heavy atom. The van der Waals surface area contributed by atoms with E-state index in [-0.39, 0.29) is 43.8 Å². The van der Waals surface area contributed by atoms with E-state index < -0.39 is 17.5 Å². The molecule has 1 fully saturated rings. The van der Waals surface area contributed by atoms with Crippen LogP contribution in [0.3, 0.4) is 0 Å². The van der Waals surface area contributed by atoms with E-state index in [2.05, 4.69) is 23.8 Å². The van der Waals surface area contributed by atoms with Gasteiger partial charge in [-0.15, -0.1) is 13.2 Å². The summed E-state index contributed by atoms with van der Waals surface area (Å²) in [5, 5.41) is 15.7. The van der Waals surface area contributed by atoms with Crippen molar-refractivity contribution in [2.24, 2.45) is 5.92 Å². The van der Waals surface area contributed by atoms with Crippen LogP contribution in [0.5, 0.6) is 0 Å². The fourth-order valence-corrected chi connectivity index (χ4v) is 4.26. The van der Waals surface area contributed by atoms with Gasteiger partial charge < -0.3 is 20.5 Å². The van der Waals surface area contributed by atoms with Crippen molar-refractivity contribution in [3.05, 3.63) is 61.2 Å². The maximum atomic E-state index is 13.2. The Balaban J connectivity index is 2.02. The molecule has 0 aromatic heterocycles. The molecule has 0 saturated heterocycles. The Hall–Kier alpha value is -2.93. The van der Waals surface area contributed by atoms with E-state index in [1.165, 1.54) is 0 Å². The number of aliphatic hydroxyl groups is 1. The number of rotatable bonds is 15. The number of aliphatic hydroxyl groups excluding tert-OH is 1. The molecule has 2 atom stereocenters. The van der Waals surface area contributed by atoms with Crippen LogP contribution < -0.4 is 10.6 Å². The van der Waals surface area contributed by atoms with Crippen molar-refractivity contribution in [3.63, 3.8) is 0 Å². The number of nitrogens with one attached hydrogen (secondary N) is 2. The minimum atomic E-state index is -0.621. The topological polar surface area (TPSA) is 105 Å². The van der Waals surface area contributed by atoms with Gasteiger partial charge in [-0.1, -0.05) is 55.3 Å². The van der Waals surface area contributed by atoms with Crippen LogP contribution in [0, 0.1) is 5.92 Å². The quantitative estimate of drug-likeness (QED) is 0.206. The number of ether oxygens (including phenoxy) is 1. The zero-order chi connectivity index (χ0) is 24.8. The van der Waals surface area contributed by atoms with Gasteiger partial charge in [-0.3, -0.25) is 14.4 Å². The van der Waals surface area contributed by atoms with Crippen LogP contribution in [0.15, 0.2) is 55.6 Å². The molecule has 0 bridgehead atoms. The van der Waals surface area contributed by atoms with E-state index in [0.29, 0.717) is 12.8 Å². The molecule has 7 heteroatoms. The molecule has 0 aliphatic heterocycles. The Bertz CT molecular complexity index is 818. The minimum absolute atomic E-state index is 0.00328. The molecular formula is C27H38N2O5. The molecule has 0 spiro atoms. The van der Waals surface area contributed by atoms with Crippen molar-refractivity contribution in [3.8, 4) is 0 Å². The van der Waals surface area contributed by atoms with Gasteiger partial charge in [0.15, 0.2) is 0 Å². The lowest BCUT2D eigenvalue weighted by Gasteiger charge is -2.29. The van der Waals surface area contributed by atoms with Crippen molar-refractivity contribution >= 4 is 17.8 Å². The van der Waals surface area contributed by atoms with Gasteiger partial charge in [0.1, 0.15) is 6.61 Å². The number of carbonyl (C=O) groups is 3. The Kier molecular flexibility index (Phi) is 11.5. The molecule has 186 valence electrons. The zero-order valence-electron chi connectivity index (χ0n) is 20.0. The molecule has 1 aliphatic rings. The number of amides is 2. The third kappa shape index (κ3) is 8.78. The zero-order valence-corrected chi connectivity index (χ0v) is 20.0. The van der Waals surface area contributed by atoms with Crippen LogP contribution in [0.4, 0.5) is 0 Å². The van der Waals surface area contributed by atoms with Gasteiger partial charge in [-0.05, 0) is 37.7 Å². The van der Waals surface area contributed by atoms with Gasteiger partial charge in [0.05, 0.1) is 24.1 Å². The summed E-state index contributed by atoms with van der Waals surface area (Å²) in [6.07, 6.45) is 8.77. The highest BCUT2D eigenvalue weighted by molar-refractivity contribution is 5.86. The van der Waals surface area contributed by atoms with Gasteiger partial charge in [0.2, 0.25) is 11.8 Å². The second kappa shape index (κ2) is 14.4. The lowest BCUT2D eigenvalue weighted by Crippen LogP contribution is -2.50. The second-order valence-corrected chi connectivity index (χ2v) is 8.95. The van der Waals surface area contributed by atoms with Gasteiger partial charge in [0, 0.05) is 12.8 Å². The van der Waals surface area contributed by atoms with E-state index in [9.17, 15) is 19.5 Å². The molecule has 2 amide bonds. The monoisotopic (exact) mass is 470 g/mol. The number of esters is 1. The van der Waals surface area contributed by atoms with Crippen molar-refractivity contribution in [2.75, 3.05) is 13.2 Å². The SMILES string of the molecule is C=CCCCC(=O)OCC(NC(=O)C(CC=C)CC(=O)NC1(CO)CCCC1)c1ccccc1. The summed E-state index contributed by atoms with van der Waals surface area (Å²) in [6, 6.07) is 8.75. The van der Waals surface area contributed by atoms with Gasteiger partial charge in [-0.2, -0.15) is 0 Å². The number of allylic oxidation sites excluding steroid dienone is 2. The molecule has 1 aliphatic carbocycles. The normalized spacial score (nSPS) is 16.1. The Morgan fingerprint density at radius 1 is 1.12 bits per heavy atom. The lowest BCUT2D eigenvalue weighted by atomic mass is 9.95. The molecule has 0 heterocycles. The summed E-state index contributed by atoms with van der Waals surface area (Å²) in [5.41, 5.74) is 0.223. The first-order chi connectivity index (χ1) is 16.4. The molecule has 1 saturated carbocycles. The molecule has 1 aromatic carbocycles. The maximum absolute atomic E-state index is 13.2. The molecule has 0 radical (unpaired) electrons. The Labute approximate surface area is 202 Å². The summed E-state index contributed by atoms with van der Waals surface area (Å²) in [5.74, 6) is -1.52. The average Bonchev–Trinajstić information content (AvgIpc) is 3.30. The molecule has 7 nitrogen and oxygen atoms in total. The molecule has 2 unspecified atom stereocenters. The van der Waals surface area contributed by atoms with E-state index in [4.69, 9.17) is 4.74 Å². The number of unbranched alkanes of at least 4 members (excludes halogenated alkanes) is 1. The number of carbonyl (C=O) groups excluding carboxylic acids is 3. The highest BCUT2D eigenvalue weighted by Crippen LogP contribution is 2.29. The highest BCUT2D eigenvalue weighted by Gasteiger charge is 2.35. The smallest absolute Gasteiger partial charge is 0.305 e.